The van der Waals surface area contributed by atoms with E-state index in [1.165, 1.54) is 43.4 Å². The average molecular weight is 522 g/mol. The minimum atomic E-state index is 0.832. The molecule has 9 rings (SSSR count). The van der Waals surface area contributed by atoms with Gasteiger partial charge in [-0.1, -0.05) is 109 Å². The van der Waals surface area contributed by atoms with Crippen molar-refractivity contribution in [1.29, 1.82) is 0 Å². The van der Waals surface area contributed by atoms with Gasteiger partial charge in [0.25, 0.3) is 0 Å². The van der Waals surface area contributed by atoms with Gasteiger partial charge in [-0.2, -0.15) is 0 Å². The zero-order valence-corrected chi connectivity index (χ0v) is 22.1. The fourth-order valence-electron chi connectivity index (χ4n) is 6.56. The zero-order valence-electron chi connectivity index (χ0n) is 22.1. The molecular formula is C38H23N3. The summed E-state index contributed by atoms with van der Waals surface area (Å²) in [4.78, 5) is 13.1. The van der Waals surface area contributed by atoms with Crippen LogP contribution >= 0.6 is 0 Å². The standard InChI is InChI=1S/C38H23N3/c1-2-14-26-25(11-1)23-31(28-16-4-3-15-27(26)28)37-38(40-33-20-7-6-19-32(33)39-37)41-34-21-8-5-17-29(34)30-18-9-12-24-13-10-22-35(41)36(24)30/h1-23H. The molecule has 0 bridgehead atoms. The molecule has 190 valence electrons. The number of benzene rings is 7. The summed E-state index contributed by atoms with van der Waals surface area (Å²) in [7, 11) is 0. The van der Waals surface area contributed by atoms with E-state index in [1.807, 2.05) is 12.1 Å². The summed E-state index contributed by atoms with van der Waals surface area (Å²) in [6.45, 7) is 0. The molecule has 1 aliphatic rings. The van der Waals surface area contributed by atoms with Gasteiger partial charge in [0.05, 0.1) is 22.4 Å². The van der Waals surface area contributed by atoms with Crippen molar-refractivity contribution in [3.63, 3.8) is 0 Å². The molecule has 0 unspecified atom stereocenters. The summed E-state index contributed by atoms with van der Waals surface area (Å²) in [5.74, 6) is 0.832. The molecule has 0 N–H and O–H groups in total. The van der Waals surface area contributed by atoms with Gasteiger partial charge < -0.3 is 0 Å². The lowest BCUT2D eigenvalue weighted by molar-refractivity contribution is 1.18. The highest BCUT2D eigenvalue weighted by molar-refractivity contribution is 6.17. The van der Waals surface area contributed by atoms with Crippen molar-refractivity contribution in [1.82, 2.24) is 9.97 Å². The quantitative estimate of drug-likeness (QED) is 0.212. The normalized spacial score (nSPS) is 12.3. The molecule has 0 radical (unpaired) electrons. The van der Waals surface area contributed by atoms with E-state index in [0.29, 0.717) is 0 Å². The number of aromatic nitrogens is 2. The molecule has 8 aromatic rings. The third kappa shape index (κ3) is 3.20. The predicted octanol–water partition coefficient (Wildman–Crippen LogP) is 10.2. The third-order valence-electron chi connectivity index (χ3n) is 8.35. The minimum absolute atomic E-state index is 0.832. The van der Waals surface area contributed by atoms with E-state index in [1.54, 1.807) is 0 Å². The Balaban J connectivity index is 1.45. The predicted molar refractivity (Wildman–Crippen MR) is 171 cm³/mol. The molecule has 0 spiro atoms. The molecule has 3 nitrogen and oxygen atoms in total. The highest BCUT2D eigenvalue weighted by Crippen LogP contribution is 2.52. The van der Waals surface area contributed by atoms with Crippen LogP contribution in [0.4, 0.5) is 17.2 Å². The van der Waals surface area contributed by atoms with E-state index in [2.05, 4.69) is 132 Å². The monoisotopic (exact) mass is 521 g/mol. The van der Waals surface area contributed by atoms with Crippen LogP contribution in [0.1, 0.15) is 0 Å². The van der Waals surface area contributed by atoms with Gasteiger partial charge in [-0.3, -0.25) is 4.90 Å². The van der Waals surface area contributed by atoms with Gasteiger partial charge in [-0.05, 0) is 62.8 Å². The number of fused-ring (bicyclic) bond motifs is 6. The second kappa shape index (κ2) is 8.48. The third-order valence-corrected chi connectivity index (χ3v) is 8.35. The Bertz CT molecular complexity index is 2330. The van der Waals surface area contributed by atoms with Crippen molar-refractivity contribution >= 4 is 60.5 Å². The average Bonchev–Trinajstić information content (AvgIpc) is 3.04. The van der Waals surface area contributed by atoms with Crippen LogP contribution in [-0.4, -0.2) is 9.97 Å². The minimum Gasteiger partial charge on any atom is -0.292 e. The van der Waals surface area contributed by atoms with Gasteiger partial charge in [0.1, 0.15) is 5.69 Å². The molecule has 0 fully saturated rings. The molecular weight excluding hydrogens is 498 g/mol. The highest BCUT2D eigenvalue weighted by atomic mass is 15.2. The Labute approximate surface area is 237 Å². The van der Waals surface area contributed by atoms with Crippen molar-refractivity contribution in [2.24, 2.45) is 0 Å². The lowest BCUT2D eigenvalue weighted by Crippen LogP contribution is -2.18. The van der Waals surface area contributed by atoms with E-state index < -0.39 is 0 Å². The number of hydrogen-bond donors (Lipinski definition) is 0. The Morgan fingerprint density at radius 1 is 0.415 bits per heavy atom. The van der Waals surface area contributed by atoms with Crippen LogP contribution in [0.5, 0.6) is 0 Å². The van der Waals surface area contributed by atoms with Crippen LogP contribution in [0.3, 0.4) is 0 Å². The molecule has 2 heterocycles. The van der Waals surface area contributed by atoms with Gasteiger partial charge >= 0.3 is 0 Å². The highest BCUT2D eigenvalue weighted by Gasteiger charge is 2.29. The first-order chi connectivity index (χ1) is 20.3. The number of anilines is 3. The van der Waals surface area contributed by atoms with E-state index in [0.717, 1.165) is 39.5 Å². The van der Waals surface area contributed by atoms with Crippen LogP contribution in [-0.2, 0) is 0 Å². The van der Waals surface area contributed by atoms with Gasteiger partial charge in [0, 0.05) is 16.5 Å². The summed E-state index contributed by atoms with van der Waals surface area (Å²) >= 11 is 0. The fraction of sp³-hybridized carbons (Fsp3) is 0. The second-order valence-corrected chi connectivity index (χ2v) is 10.6. The van der Waals surface area contributed by atoms with Crippen LogP contribution in [0.25, 0.3) is 65.7 Å². The molecule has 3 heteroatoms. The topological polar surface area (TPSA) is 29.0 Å². The summed E-state index contributed by atoms with van der Waals surface area (Å²) in [6.07, 6.45) is 0. The van der Waals surface area contributed by atoms with E-state index in [4.69, 9.17) is 9.97 Å². The molecule has 0 amide bonds. The maximum atomic E-state index is 5.38. The Hall–Kier alpha value is -5.54. The molecule has 0 atom stereocenters. The van der Waals surface area contributed by atoms with Crippen LogP contribution in [0.15, 0.2) is 140 Å². The molecule has 7 aromatic carbocycles. The summed E-state index contributed by atoms with van der Waals surface area (Å²) in [6, 6.07) is 49.5. The van der Waals surface area contributed by atoms with Gasteiger partial charge in [0.15, 0.2) is 5.82 Å². The van der Waals surface area contributed by atoms with Crippen molar-refractivity contribution in [3.8, 4) is 22.4 Å². The van der Waals surface area contributed by atoms with Crippen LogP contribution in [0, 0.1) is 0 Å². The summed E-state index contributed by atoms with van der Waals surface area (Å²) in [5, 5.41) is 7.26. The number of nitrogens with zero attached hydrogens (tertiary/aromatic N) is 3. The smallest absolute Gasteiger partial charge is 0.165 e. The maximum absolute atomic E-state index is 5.38. The Kier molecular flexibility index (Phi) is 4.61. The first-order valence-corrected chi connectivity index (χ1v) is 13.9. The van der Waals surface area contributed by atoms with Crippen molar-refractivity contribution < 1.29 is 0 Å². The molecule has 1 aliphatic heterocycles. The fourth-order valence-corrected chi connectivity index (χ4v) is 6.56. The first-order valence-electron chi connectivity index (χ1n) is 13.9. The number of para-hydroxylation sites is 3. The summed E-state index contributed by atoms with van der Waals surface area (Å²) in [5.41, 5.74) is 8.37. The van der Waals surface area contributed by atoms with E-state index >= 15 is 0 Å². The Morgan fingerprint density at radius 2 is 1.02 bits per heavy atom. The molecule has 0 saturated carbocycles. The first kappa shape index (κ1) is 22.3. The van der Waals surface area contributed by atoms with Gasteiger partial charge in [-0.15, -0.1) is 0 Å². The van der Waals surface area contributed by atoms with Gasteiger partial charge in [0.2, 0.25) is 0 Å². The van der Waals surface area contributed by atoms with Crippen molar-refractivity contribution in [2.45, 2.75) is 0 Å². The van der Waals surface area contributed by atoms with Crippen molar-refractivity contribution in [3.05, 3.63) is 140 Å². The molecule has 0 saturated heterocycles. The molecule has 41 heavy (non-hydrogen) atoms. The molecule has 1 aromatic heterocycles. The van der Waals surface area contributed by atoms with Crippen LogP contribution < -0.4 is 4.90 Å². The summed E-state index contributed by atoms with van der Waals surface area (Å²) < 4.78 is 0. The number of hydrogen-bond acceptors (Lipinski definition) is 3. The molecule has 0 aliphatic carbocycles. The van der Waals surface area contributed by atoms with Gasteiger partial charge in [-0.25, -0.2) is 9.97 Å². The SMILES string of the molecule is c1ccc2c(c1)-c1cccc3cccc(c13)N2c1nc2ccccc2nc1-c1cc2ccccc2c2ccccc12. The lowest BCUT2D eigenvalue weighted by Gasteiger charge is -2.33. The van der Waals surface area contributed by atoms with Crippen LogP contribution in [0.2, 0.25) is 0 Å². The Morgan fingerprint density at radius 3 is 1.90 bits per heavy atom. The largest absolute Gasteiger partial charge is 0.292 e. The van der Waals surface area contributed by atoms with Crippen molar-refractivity contribution in [2.75, 3.05) is 4.90 Å². The maximum Gasteiger partial charge on any atom is 0.165 e. The second-order valence-electron chi connectivity index (χ2n) is 10.6. The van der Waals surface area contributed by atoms with E-state index in [9.17, 15) is 0 Å². The number of rotatable bonds is 2. The zero-order chi connectivity index (χ0) is 26.9. The van der Waals surface area contributed by atoms with E-state index in [-0.39, 0.29) is 0 Å². The lowest BCUT2D eigenvalue weighted by atomic mass is 9.90.